The van der Waals surface area contributed by atoms with Gasteiger partial charge in [-0.15, -0.1) is 0 Å². The maximum atomic E-state index is 12.0. The van der Waals surface area contributed by atoms with Gasteiger partial charge in [0.05, 0.1) is 6.21 Å². The van der Waals surface area contributed by atoms with Crippen LogP contribution in [0.4, 0.5) is 5.69 Å². The lowest BCUT2D eigenvalue weighted by Crippen LogP contribution is -2.32. The molecule has 3 rings (SSSR count). The first-order chi connectivity index (χ1) is 12.5. The second kappa shape index (κ2) is 7.93. The Labute approximate surface area is 159 Å². The van der Waals surface area contributed by atoms with E-state index in [1.807, 2.05) is 55.5 Å². The number of benzene rings is 3. The molecule has 0 aliphatic carbocycles. The van der Waals surface area contributed by atoms with Crippen LogP contribution >= 0.6 is 15.9 Å². The number of carbonyl (C=O) groups is 2. The predicted octanol–water partition coefficient (Wildman–Crippen LogP) is 4.00. The molecule has 26 heavy (non-hydrogen) atoms. The van der Waals surface area contributed by atoms with Crippen molar-refractivity contribution >= 4 is 50.4 Å². The fourth-order valence-corrected chi connectivity index (χ4v) is 3.00. The van der Waals surface area contributed by atoms with Crippen molar-refractivity contribution in [2.45, 2.75) is 6.92 Å². The molecule has 130 valence electrons. The second-order valence-electron chi connectivity index (χ2n) is 5.68. The number of nitrogens with one attached hydrogen (secondary N) is 2. The van der Waals surface area contributed by atoms with Crippen LogP contribution in [0.1, 0.15) is 11.1 Å². The van der Waals surface area contributed by atoms with E-state index in [-0.39, 0.29) is 0 Å². The first-order valence-electron chi connectivity index (χ1n) is 7.93. The minimum Gasteiger partial charge on any atom is -0.317 e. The number of amides is 2. The number of aryl methyl sites for hydroxylation is 1. The zero-order valence-corrected chi connectivity index (χ0v) is 15.6. The highest BCUT2D eigenvalue weighted by Gasteiger charge is 2.14. The third-order valence-electron chi connectivity index (χ3n) is 3.84. The monoisotopic (exact) mass is 409 g/mol. The van der Waals surface area contributed by atoms with Crippen LogP contribution in [0.15, 0.2) is 70.2 Å². The lowest BCUT2D eigenvalue weighted by molar-refractivity contribution is -0.136. The molecule has 0 bridgehead atoms. The van der Waals surface area contributed by atoms with Crippen LogP contribution in [-0.4, -0.2) is 18.0 Å². The Morgan fingerprint density at radius 2 is 1.77 bits per heavy atom. The van der Waals surface area contributed by atoms with Gasteiger partial charge in [-0.25, -0.2) is 5.43 Å². The number of fused-ring (bicyclic) bond motifs is 1. The standard InChI is InChI=1S/C20H16BrN3O2/c1-13-11-16(21)9-10-18(13)23-19(25)20(26)24-22-12-15-7-4-6-14-5-2-3-8-17(14)15/h2-12H,1H3,(H,23,25)(H,24,26). The van der Waals surface area contributed by atoms with Gasteiger partial charge in [0, 0.05) is 15.7 Å². The maximum Gasteiger partial charge on any atom is 0.329 e. The van der Waals surface area contributed by atoms with Crippen molar-refractivity contribution in [3.8, 4) is 0 Å². The molecule has 0 radical (unpaired) electrons. The molecule has 2 amide bonds. The highest BCUT2D eigenvalue weighted by atomic mass is 79.9. The molecule has 0 aliphatic heterocycles. The Morgan fingerprint density at radius 3 is 2.58 bits per heavy atom. The SMILES string of the molecule is Cc1cc(Br)ccc1NC(=O)C(=O)NN=Cc1cccc2ccccc12. The number of nitrogens with zero attached hydrogens (tertiary/aromatic N) is 1. The predicted molar refractivity (Wildman–Crippen MR) is 107 cm³/mol. The summed E-state index contributed by atoms with van der Waals surface area (Å²) in [6.07, 6.45) is 1.53. The molecule has 0 saturated carbocycles. The second-order valence-corrected chi connectivity index (χ2v) is 6.60. The average Bonchev–Trinajstić information content (AvgIpc) is 2.64. The molecule has 0 saturated heterocycles. The van der Waals surface area contributed by atoms with Crippen molar-refractivity contribution in [1.29, 1.82) is 0 Å². The summed E-state index contributed by atoms with van der Waals surface area (Å²) in [5.74, 6) is -1.60. The lowest BCUT2D eigenvalue weighted by atomic mass is 10.1. The first kappa shape index (κ1) is 17.8. The van der Waals surface area contributed by atoms with E-state index in [0.29, 0.717) is 5.69 Å². The molecular weight excluding hydrogens is 394 g/mol. The van der Waals surface area contributed by atoms with E-state index in [0.717, 1.165) is 26.4 Å². The van der Waals surface area contributed by atoms with Crippen LogP contribution in [0, 0.1) is 6.92 Å². The summed E-state index contributed by atoms with van der Waals surface area (Å²) in [6, 6.07) is 19.0. The van der Waals surface area contributed by atoms with E-state index in [2.05, 4.69) is 31.8 Å². The third kappa shape index (κ3) is 4.15. The van der Waals surface area contributed by atoms with Crippen molar-refractivity contribution in [2.75, 3.05) is 5.32 Å². The maximum absolute atomic E-state index is 12.0. The highest BCUT2D eigenvalue weighted by molar-refractivity contribution is 9.10. The molecule has 3 aromatic carbocycles. The summed E-state index contributed by atoms with van der Waals surface area (Å²) in [4.78, 5) is 23.9. The summed E-state index contributed by atoms with van der Waals surface area (Å²) < 4.78 is 0.900. The van der Waals surface area contributed by atoms with Crippen molar-refractivity contribution in [3.05, 3.63) is 76.3 Å². The molecule has 0 fully saturated rings. The number of halogens is 1. The molecular formula is C20H16BrN3O2. The Kier molecular flexibility index (Phi) is 5.43. The van der Waals surface area contributed by atoms with Crippen LogP contribution in [0.5, 0.6) is 0 Å². The molecule has 0 atom stereocenters. The van der Waals surface area contributed by atoms with E-state index < -0.39 is 11.8 Å². The molecule has 0 aliphatic rings. The van der Waals surface area contributed by atoms with Gasteiger partial charge in [0.1, 0.15) is 0 Å². The van der Waals surface area contributed by atoms with Gasteiger partial charge in [-0.1, -0.05) is 58.4 Å². The van der Waals surface area contributed by atoms with Crippen molar-refractivity contribution in [2.24, 2.45) is 5.10 Å². The zero-order valence-electron chi connectivity index (χ0n) is 14.0. The van der Waals surface area contributed by atoms with Crippen molar-refractivity contribution in [1.82, 2.24) is 5.43 Å². The Morgan fingerprint density at radius 1 is 1.00 bits per heavy atom. The van der Waals surface area contributed by atoms with Gasteiger partial charge in [0.25, 0.3) is 0 Å². The molecule has 6 heteroatoms. The van der Waals surface area contributed by atoms with Gasteiger partial charge < -0.3 is 5.32 Å². The van der Waals surface area contributed by atoms with Gasteiger partial charge in [0.15, 0.2) is 0 Å². The fraction of sp³-hybridized carbons (Fsp3) is 0.0500. The molecule has 0 unspecified atom stereocenters. The van der Waals surface area contributed by atoms with Gasteiger partial charge in [-0.3, -0.25) is 9.59 Å². The smallest absolute Gasteiger partial charge is 0.317 e. The summed E-state index contributed by atoms with van der Waals surface area (Å²) in [5.41, 5.74) is 4.53. The van der Waals surface area contributed by atoms with E-state index in [9.17, 15) is 9.59 Å². The topological polar surface area (TPSA) is 70.6 Å². The number of hydrogen-bond donors (Lipinski definition) is 2. The van der Waals surface area contributed by atoms with Crippen LogP contribution in [-0.2, 0) is 9.59 Å². The summed E-state index contributed by atoms with van der Waals surface area (Å²) in [5, 5.41) is 8.56. The zero-order chi connectivity index (χ0) is 18.5. The number of rotatable bonds is 3. The van der Waals surface area contributed by atoms with E-state index >= 15 is 0 Å². The Balaban J connectivity index is 1.66. The van der Waals surface area contributed by atoms with Gasteiger partial charge in [-0.2, -0.15) is 5.10 Å². The number of anilines is 1. The van der Waals surface area contributed by atoms with Crippen molar-refractivity contribution in [3.63, 3.8) is 0 Å². The molecule has 0 aromatic heterocycles. The third-order valence-corrected chi connectivity index (χ3v) is 4.33. The fourth-order valence-electron chi connectivity index (χ4n) is 2.52. The summed E-state index contributed by atoms with van der Waals surface area (Å²) in [6.45, 7) is 1.84. The van der Waals surface area contributed by atoms with E-state index in [1.54, 1.807) is 12.1 Å². The number of carbonyl (C=O) groups excluding carboxylic acids is 2. The largest absolute Gasteiger partial charge is 0.329 e. The van der Waals surface area contributed by atoms with Crippen LogP contribution in [0.25, 0.3) is 10.8 Å². The quantitative estimate of drug-likeness (QED) is 0.389. The van der Waals surface area contributed by atoms with Crippen LogP contribution in [0.2, 0.25) is 0 Å². The van der Waals surface area contributed by atoms with Crippen molar-refractivity contribution < 1.29 is 9.59 Å². The highest BCUT2D eigenvalue weighted by Crippen LogP contribution is 2.20. The van der Waals surface area contributed by atoms with E-state index in [4.69, 9.17) is 0 Å². The molecule has 0 heterocycles. The number of hydrazone groups is 1. The van der Waals surface area contributed by atoms with Gasteiger partial charge >= 0.3 is 11.8 Å². The minimum absolute atomic E-state index is 0.575. The van der Waals surface area contributed by atoms with Gasteiger partial charge in [0.2, 0.25) is 0 Å². The minimum atomic E-state index is -0.830. The lowest BCUT2D eigenvalue weighted by Gasteiger charge is -2.07. The normalized spacial score (nSPS) is 10.8. The Hall–Kier alpha value is -2.99. The Bertz CT molecular complexity index is 1010. The summed E-state index contributed by atoms with van der Waals surface area (Å²) in [7, 11) is 0. The van der Waals surface area contributed by atoms with E-state index in [1.165, 1.54) is 6.21 Å². The van der Waals surface area contributed by atoms with Crippen LogP contribution < -0.4 is 10.7 Å². The van der Waals surface area contributed by atoms with Gasteiger partial charge in [-0.05, 0) is 41.5 Å². The summed E-state index contributed by atoms with van der Waals surface area (Å²) >= 11 is 3.35. The molecule has 0 spiro atoms. The molecule has 5 nitrogen and oxygen atoms in total. The number of hydrogen-bond acceptors (Lipinski definition) is 3. The average molecular weight is 410 g/mol. The molecule has 3 aromatic rings. The molecule has 2 N–H and O–H groups in total. The van der Waals surface area contributed by atoms with Crippen LogP contribution in [0.3, 0.4) is 0 Å². The first-order valence-corrected chi connectivity index (χ1v) is 8.72.